The van der Waals surface area contributed by atoms with Crippen LogP contribution in [0.15, 0.2) is 18.2 Å². The monoisotopic (exact) mass is 418 g/mol. The van der Waals surface area contributed by atoms with Crippen molar-refractivity contribution in [3.05, 3.63) is 32.4 Å². The van der Waals surface area contributed by atoms with E-state index in [0.717, 1.165) is 29.5 Å². The van der Waals surface area contributed by atoms with Crippen molar-refractivity contribution in [2.75, 3.05) is 13.1 Å². The molecular weight excluding hydrogens is 399 g/mol. The van der Waals surface area contributed by atoms with Crippen molar-refractivity contribution in [3.63, 3.8) is 0 Å². The zero-order valence-electron chi connectivity index (χ0n) is 11.9. The Hall–Kier alpha value is -0.330. The van der Waals surface area contributed by atoms with E-state index in [9.17, 15) is 4.79 Å². The van der Waals surface area contributed by atoms with Crippen LogP contribution in [0, 0.1) is 3.57 Å². The maximum atomic E-state index is 12.8. The summed E-state index contributed by atoms with van der Waals surface area (Å²) < 4.78 is 0.984. The Morgan fingerprint density at radius 3 is 2.76 bits per heavy atom. The predicted octanol–water partition coefficient (Wildman–Crippen LogP) is 3.69. The van der Waals surface area contributed by atoms with Crippen molar-refractivity contribution >= 4 is 40.1 Å². The van der Waals surface area contributed by atoms with Crippen LogP contribution in [-0.4, -0.2) is 36.0 Å². The highest BCUT2D eigenvalue weighted by atomic mass is 127. The van der Waals surface area contributed by atoms with Gasteiger partial charge in [-0.2, -0.15) is 0 Å². The number of hydrogen-bond donors (Lipinski definition) is 1. The molecule has 1 aromatic carbocycles. The van der Waals surface area contributed by atoms with Gasteiger partial charge in [0.05, 0.1) is 5.02 Å². The van der Waals surface area contributed by atoms with Gasteiger partial charge in [0.2, 0.25) is 0 Å². The molecule has 114 valence electrons. The van der Waals surface area contributed by atoms with E-state index in [1.165, 1.54) is 19.3 Å². The summed E-state index contributed by atoms with van der Waals surface area (Å²) in [5, 5.41) is 4.20. The van der Waals surface area contributed by atoms with Crippen molar-refractivity contribution < 1.29 is 4.79 Å². The molecule has 1 aromatic rings. The summed E-state index contributed by atoms with van der Waals surface area (Å²) in [5.41, 5.74) is 0.711. The first kappa shape index (κ1) is 15.6. The molecule has 1 saturated carbocycles. The van der Waals surface area contributed by atoms with Crippen LogP contribution in [0.4, 0.5) is 0 Å². The van der Waals surface area contributed by atoms with Gasteiger partial charge in [0, 0.05) is 27.8 Å². The Kier molecular flexibility index (Phi) is 5.07. The minimum atomic E-state index is 0.128. The highest BCUT2D eigenvalue weighted by Gasteiger charge is 2.34. The van der Waals surface area contributed by atoms with Crippen LogP contribution < -0.4 is 5.32 Å². The first-order chi connectivity index (χ1) is 10.1. The van der Waals surface area contributed by atoms with Gasteiger partial charge in [0.1, 0.15) is 0 Å². The van der Waals surface area contributed by atoms with Gasteiger partial charge < -0.3 is 10.2 Å². The topological polar surface area (TPSA) is 32.3 Å². The molecule has 0 spiro atoms. The Morgan fingerprint density at radius 1 is 1.33 bits per heavy atom. The van der Waals surface area contributed by atoms with Crippen LogP contribution in [-0.2, 0) is 0 Å². The SMILES string of the molecule is O=C(c1ccc(I)c(Cl)c1)N(CC1CCCCN1)C1CC1. The highest BCUT2D eigenvalue weighted by Crippen LogP contribution is 2.30. The van der Waals surface area contributed by atoms with Gasteiger partial charge in [-0.25, -0.2) is 0 Å². The average molecular weight is 419 g/mol. The molecule has 1 aliphatic carbocycles. The van der Waals surface area contributed by atoms with Crippen LogP contribution in [0.3, 0.4) is 0 Å². The number of hydrogen-bond acceptors (Lipinski definition) is 2. The van der Waals surface area contributed by atoms with E-state index in [0.29, 0.717) is 22.7 Å². The molecule has 3 nitrogen and oxygen atoms in total. The van der Waals surface area contributed by atoms with E-state index >= 15 is 0 Å². The molecule has 0 radical (unpaired) electrons. The molecule has 21 heavy (non-hydrogen) atoms. The largest absolute Gasteiger partial charge is 0.334 e. The van der Waals surface area contributed by atoms with Crippen LogP contribution in [0.2, 0.25) is 5.02 Å². The summed E-state index contributed by atoms with van der Waals surface area (Å²) in [5.74, 6) is 0.128. The van der Waals surface area contributed by atoms with Crippen molar-refractivity contribution in [1.29, 1.82) is 0 Å². The molecule has 1 saturated heterocycles. The van der Waals surface area contributed by atoms with Gasteiger partial charge in [0.25, 0.3) is 5.91 Å². The maximum Gasteiger partial charge on any atom is 0.254 e. The number of benzene rings is 1. The van der Waals surface area contributed by atoms with Crippen molar-refractivity contribution in [3.8, 4) is 0 Å². The Bertz CT molecular complexity index is 527. The average Bonchev–Trinajstić information content (AvgIpc) is 3.33. The van der Waals surface area contributed by atoms with Crippen LogP contribution in [0.25, 0.3) is 0 Å². The first-order valence-electron chi connectivity index (χ1n) is 7.64. The van der Waals surface area contributed by atoms with E-state index in [2.05, 4.69) is 32.8 Å². The molecule has 2 aliphatic rings. The molecule has 1 atom stereocenters. The number of amides is 1. The minimum absolute atomic E-state index is 0.128. The number of nitrogens with zero attached hydrogens (tertiary/aromatic N) is 1. The molecule has 1 N–H and O–H groups in total. The van der Waals surface area contributed by atoms with Crippen LogP contribution in [0.1, 0.15) is 42.5 Å². The number of carbonyl (C=O) groups excluding carboxylic acids is 1. The number of nitrogens with one attached hydrogen (secondary N) is 1. The van der Waals surface area contributed by atoms with Crippen molar-refractivity contribution in [2.45, 2.75) is 44.2 Å². The lowest BCUT2D eigenvalue weighted by atomic mass is 10.0. The zero-order chi connectivity index (χ0) is 14.8. The Morgan fingerprint density at radius 2 is 2.14 bits per heavy atom. The summed E-state index contributed by atoms with van der Waals surface area (Å²) in [6.45, 7) is 1.90. The third kappa shape index (κ3) is 3.90. The Balaban J connectivity index is 1.73. The van der Waals surface area contributed by atoms with E-state index in [4.69, 9.17) is 11.6 Å². The fourth-order valence-corrected chi connectivity index (χ4v) is 3.41. The molecule has 1 heterocycles. The lowest BCUT2D eigenvalue weighted by Crippen LogP contribution is -2.46. The smallest absolute Gasteiger partial charge is 0.254 e. The van der Waals surface area contributed by atoms with Gasteiger partial charge in [-0.3, -0.25) is 4.79 Å². The van der Waals surface area contributed by atoms with Gasteiger partial charge >= 0.3 is 0 Å². The summed E-state index contributed by atoms with van der Waals surface area (Å²) in [7, 11) is 0. The van der Waals surface area contributed by atoms with Gasteiger partial charge in [-0.1, -0.05) is 18.0 Å². The molecule has 0 bridgehead atoms. The highest BCUT2D eigenvalue weighted by molar-refractivity contribution is 14.1. The van der Waals surface area contributed by atoms with E-state index in [-0.39, 0.29) is 5.91 Å². The van der Waals surface area contributed by atoms with Crippen LogP contribution in [0.5, 0.6) is 0 Å². The fourth-order valence-electron chi connectivity index (χ4n) is 2.90. The molecular formula is C16H20ClIN2O. The molecule has 3 rings (SSSR count). The second-order valence-corrected chi connectivity index (χ2v) is 7.53. The number of piperidine rings is 1. The molecule has 1 amide bonds. The summed E-state index contributed by atoms with van der Waals surface area (Å²) in [6.07, 6.45) is 5.96. The lowest BCUT2D eigenvalue weighted by Gasteiger charge is -2.31. The second kappa shape index (κ2) is 6.84. The normalized spacial score (nSPS) is 22.1. The third-order valence-electron chi connectivity index (χ3n) is 4.24. The van der Waals surface area contributed by atoms with Gasteiger partial charge in [-0.15, -0.1) is 0 Å². The van der Waals surface area contributed by atoms with Crippen LogP contribution >= 0.6 is 34.2 Å². The van der Waals surface area contributed by atoms with E-state index < -0.39 is 0 Å². The fraction of sp³-hybridized carbons (Fsp3) is 0.562. The van der Waals surface area contributed by atoms with Gasteiger partial charge in [0.15, 0.2) is 0 Å². The summed E-state index contributed by atoms with van der Waals surface area (Å²) >= 11 is 8.34. The summed E-state index contributed by atoms with van der Waals surface area (Å²) in [6, 6.07) is 6.48. The number of carbonyl (C=O) groups is 1. The number of halogens is 2. The number of rotatable bonds is 4. The summed E-state index contributed by atoms with van der Waals surface area (Å²) in [4.78, 5) is 14.9. The standard InChI is InChI=1S/C16H20ClIN2O/c17-14-9-11(4-7-15(14)18)16(21)20(13-5-6-13)10-12-3-1-2-8-19-12/h4,7,9,12-13,19H,1-3,5-6,8,10H2. The van der Waals surface area contributed by atoms with Crippen molar-refractivity contribution in [2.24, 2.45) is 0 Å². The van der Waals surface area contributed by atoms with E-state index in [1.807, 2.05) is 12.1 Å². The quantitative estimate of drug-likeness (QED) is 0.756. The second-order valence-electron chi connectivity index (χ2n) is 5.96. The molecule has 1 aliphatic heterocycles. The van der Waals surface area contributed by atoms with Gasteiger partial charge in [-0.05, 0) is 73.0 Å². The molecule has 1 unspecified atom stereocenters. The predicted molar refractivity (Wildman–Crippen MR) is 93.9 cm³/mol. The van der Waals surface area contributed by atoms with Crippen molar-refractivity contribution in [1.82, 2.24) is 10.2 Å². The first-order valence-corrected chi connectivity index (χ1v) is 9.10. The third-order valence-corrected chi connectivity index (χ3v) is 5.82. The Labute approximate surface area is 144 Å². The molecule has 0 aromatic heterocycles. The van der Waals surface area contributed by atoms with E-state index in [1.54, 1.807) is 6.07 Å². The maximum absolute atomic E-state index is 12.8. The molecule has 5 heteroatoms. The molecule has 2 fully saturated rings. The lowest BCUT2D eigenvalue weighted by molar-refractivity contribution is 0.0718. The zero-order valence-corrected chi connectivity index (χ0v) is 14.9. The minimum Gasteiger partial charge on any atom is -0.334 e.